The summed E-state index contributed by atoms with van der Waals surface area (Å²) in [6.45, 7) is 6.22. The third-order valence-electron chi connectivity index (χ3n) is 6.41. The number of rotatable bonds is 8. The summed E-state index contributed by atoms with van der Waals surface area (Å²) in [7, 11) is 1.60. The molecule has 0 saturated carbocycles. The van der Waals surface area contributed by atoms with Gasteiger partial charge in [-0.25, -0.2) is 0 Å². The number of aliphatic hydroxyl groups is 1. The van der Waals surface area contributed by atoms with Crippen molar-refractivity contribution in [3.8, 4) is 17.2 Å². The van der Waals surface area contributed by atoms with Crippen LogP contribution in [0.25, 0.3) is 0 Å². The molecule has 0 saturated heterocycles. The molecular formula is C33H38O4. The van der Waals surface area contributed by atoms with Gasteiger partial charge in [-0.2, -0.15) is 0 Å². The van der Waals surface area contributed by atoms with Gasteiger partial charge in [0.05, 0.1) is 13.7 Å². The van der Waals surface area contributed by atoms with Gasteiger partial charge in [0.25, 0.3) is 0 Å². The number of benzene rings is 4. The summed E-state index contributed by atoms with van der Waals surface area (Å²) in [5.74, 6) is 2.06. The minimum absolute atomic E-state index is 0. The van der Waals surface area contributed by atoms with Crippen LogP contribution in [0.15, 0.2) is 91.0 Å². The van der Waals surface area contributed by atoms with Crippen LogP contribution in [0.5, 0.6) is 17.2 Å². The minimum Gasteiger partial charge on any atom is -0.496 e. The Balaban J connectivity index is 0.00000241. The zero-order valence-corrected chi connectivity index (χ0v) is 20.5. The molecule has 37 heavy (non-hydrogen) atoms. The van der Waals surface area contributed by atoms with Gasteiger partial charge < -0.3 is 14.6 Å². The second-order valence-corrected chi connectivity index (χ2v) is 9.16. The maximum absolute atomic E-state index is 12.7. The van der Waals surface area contributed by atoms with Crippen LogP contribution in [0, 0.1) is 6.92 Å². The lowest BCUT2D eigenvalue weighted by molar-refractivity contribution is 0.103. The number of ketones is 1. The molecule has 4 aromatic carbocycles. The van der Waals surface area contributed by atoms with E-state index in [9.17, 15) is 9.90 Å². The molecule has 4 rings (SSSR count). The average molecular weight is 499 g/mol. The zero-order chi connectivity index (χ0) is 25.0. The van der Waals surface area contributed by atoms with E-state index in [4.69, 9.17) is 9.47 Å². The molecule has 4 nitrogen and oxygen atoms in total. The van der Waals surface area contributed by atoms with E-state index in [1.54, 1.807) is 19.2 Å². The maximum atomic E-state index is 12.7. The van der Waals surface area contributed by atoms with Crippen molar-refractivity contribution >= 4 is 5.78 Å². The summed E-state index contributed by atoms with van der Waals surface area (Å²) in [5.41, 5.74) is 5.13. The number of aryl methyl sites for hydroxylation is 1. The molecule has 0 atom stereocenters. The van der Waals surface area contributed by atoms with Crippen molar-refractivity contribution in [3.05, 3.63) is 124 Å². The number of methoxy groups -OCH3 is 1. The first-order valence-corrected chi connectivity index (χ1v) is 11.6. The topological polar surface area (TPSA) is 55.8 Å². The first-order valence-electron chi connectivity index (χ1n) is 11.6. The van der Waals surface area contributed by atoms with Gasteiger partial charge >= 0.3 is 0 Å². The van der Waals surface area contributed by atoms with Crippen molar-refractivity contribution in [1.29, 1.82) is 0 Å². The first-order chi connectivity index (χ1) is 16.8. The van der Waals surface area contributed by atoms with Crippen molar-refractivity contribution in [2.45, 2.75) is 47.6 Å². The fraction of sp³-hybridized carbons (Fsp3) is 0.242. The molecule has 0 aromatic heterocycles. The normalized spacial score (nSPS) is 10.6. The molecule has 0 unspecified atom stereocenters. The maximum Gasteiger partial charge on any atom is 0.193 e. The van der Waals surface area contributed by atoms with Crippen LogP contribution >= 0.6 is 0 Å². The Kier molecular flexibility index (Phi) is 9.81. The molecule has 0 heterocycles. The highest BCUT2D eigenvalue weighted by molar-refractivity contribution is 6.09. The Morgan fingerprint density at radius 3 is 1.76 bits per heavy atom. The SMILES string of the molecule is C.C.COc1ccc(C(C)(C)c2ccc(Oc3ccc(C(=O)c4ccc(C)cc4)cc3)cc2)cc1CO. The molecule has 4 heteroatoms. The predicted molar refractivity (Wildman–Crippen MR) is 152 cm³/mol. The highest BCUT2D eigenvalue weighted by Gasteiger charge is 2.24. The highest BCUT2D eigenvalue weighted by Crippen LogP contribution is 2.35. The Hall–Kier alpha value is -3.89. The molecule has 4 aromatic rings. The smallest absolute Gasteiger partial charge is 0.193 e. The van der Waals surface area contributed by atoms with Crippen LogP contribution in [0.2, 0.25) is 0 Å². The standard InChI is InChI=1S/C31H30O4.2CH4/c1-21-5-7-22(8-6-21)30(33)23-9-14-27(15-10-23)35-28-16-11-25(12-17-28)31(2,3)26-13-18-29(34-4)24(19-26)20-32;;/h5-19,32H,20H2,1-4H3;2*1H4. The van der Waals surface area contributed by atoms with E-state index in [1.165, 1.54) is 0 Å². The quantitative estimate of drug-likeness (QED) is 0.249. The van der Waals surface area contributed by atoms with Gasteiger partial charge in [-0.3, -0.25) is 4.79 Å². The molecule has 0 radical (unpaired) electrons. The second-order valence-electron chi connectivity index (χ2n) is 9.16. The number of ether oxygens (including phenoxy) is 2. The van der Waals surface area contributed by atoms with Crippen LogP contribution in [0.3, 0.4) is 0 Å². The molecule has 194 valence electrons. The molecule has 0 spiro atoms. The summed E-state index contributed by atoms with van der Waals surface area (Å²) < 4.78 is 11.3. The largest absolute Gasteiger partial charge is 0.496 e. The van der Waals surface area contributed by atoms with E-state index in [0.717, 1.165) is 22.3 Å². The van der Waals surface area contributed by atoms with Crippen LogP contribution in [0.4, 0.5) is 0 Å². The molecule has 0 amide bonds. The lowest BCUT2D eigenvalue weighted by Crippen LogP contribution is -2.19. The number of carbonyl (C=O) groups excluding carboxylic acids is 1. The van der Waals surface area contributed by atoms with E-state index in [1.807, 2.05) is 85.8 Å². The Morgan fingerprint density at radius 1 is 0.757 bits per heavy atom. The van der Waals surface area contributed by atoms with Gasteiger partial charge in [-0.05, 0) is 66.6 Å². The van der Waals surface area contributed by atoms with Gasteiger partial charge in [0, 0.05) is 22.1 Å². The Morgan fingerprint density at radius 2 is 1.24 bits per heavy atom. The third kappa shape index (κ3) is 6.46. The molecule has 1 N–H and O–H groups in total. The molecular weight excluding hydrogens is 460 g/mol. The third-order valence-corrected chi connectivity index (χ3v) is 6.41. The minimum atomic E-state index is -0.271. The monoisotopic (exact) mass is 498 g/mol. The van der Waals surface area contributed by atoms with Crippen molar-refractivity contribution < 1.29 is 19.4 Å². The fourth-order valence-electron chi connectivity index (χ4n) is 4.08. The molecule has 0 aliphatic rings. The average Bonchev–Trinajstić information content (AvgIpc) is 2.89. The summed E-state index contributed by atoms with van der Waals surface area (Å²) in [5, 5.41) is 9.69. The summed E-state index contributed by atoms with van der Waals surface area (Å²) >= 11 is 0. The van der Waals surface area contributed by atoms with E-state index in [-0.39, 0.29) is 32.7 Å². The Labute approximate surface area is 221 Å². The van der Waals surface area contributed by atoms with Gasteiger partial charge in [-0.1, -0.05) is 76.7 Å². The second kappa shape index (κ2) is 12.4. The van der Waals surface area contributed by atoms with E-state index >= 15 is 0 Å². The van der Waals surface area contributed by atoms with Crippen LogP contribution in [-0.4, -0.2) is 18.0 Å². The zero-order valence-electron chi connectivity index (χ0n) is 20.5. The van der Waals surface area contributed by atoms with Crippen LogP contribution in [-0.2, 0) is 12.0 Å². The van der Waals surface area contributed by atoms with E-state index in [0.29, 0.717) is 28.4 Å². The van der Waals surface area contributed by atoms with Crippen molar-refractivity contribution in [2.75, 3.05) is 7.11 Å². The number of aliphatic hydroxyl groups excluding tert-OH is 1. The molecule has 0 bridgehead atoms. The van der Waals surface area contributed by atoms with Crippen LogP contribution < -0.4 is 9.47 Å². The number of hydrogen-bond acceptors (Lipinski definition) is 4. The number of hydrogen-bond donors (Lipinski definition) is 1. The van der Waals surface area contributed by atoms with Gasteiger partial charge in [0.2, 0.25) is 0 Å². The van der Waals surface area contributed by atoms with Crippen molar-refractivity contribution in [2.24, 2.45) is 0 Å². The van der Waals surface area contributed by atoms with Gasteiger partial charge in [0.1, 0.15) is 17.2 Å². The lowest BCUT2D eigenvalue weighted by Gasteiger charge is -2.27. The lowest BCUT2D eigenvalue weighted by atomic mass is 9.77. The molecule has 0 aliphatic carbocycles. The number of carbonyl (C=O) groups is 1. The molecule has 0 fully saturated rings. The summed E-state index contributed by atoms with van der Waals surface area (Å²) in [6.07, 6.45) is 0. The molecule has 0 aliphatic heterocycles. The van der Waals surface area contributed by atoms with Crippen molar-refractivity contribution in [3.63, 3.8) is 0 Å². The fourth-order valence-corrected chi connectivity index (χ4v) is 4.08. The van der Waals surface area contributed by atoms with E-state index < -0.39 is 0 Å². The van der Waals surface area contributed by atoms with E-state index in [2.05, 4.69) is 13.8 Å². The van der Waals surface area contributed by atoms with Crippen molar-refractivity contribution in [1.82, 2.24) is 0 Å². The Bertz CT molecular complexity index is 1300. The summed E-state index contributed by atoms with van der Waals surface area (Å²) in [4.78, 5) is 12.7. The van der Waals surface area contributed by atoms with Gasteiger partial charge in [0.15, 0.2) is 5.78 Å². The predicted octanol–water partition coefficient (Wildman–Crippen LogP) is 8.12. The summed E-state index contributed by atoms with van der Waals surface area (Å²) in [6, 6.07) is 28.7. The van der Waals surface area contributed by atoms with Gasteiger partial charge in [-0.15, -0.1) is 0 Å². The highest BCUT2D eigenvalue weighted by atomic mass is 16.5. The van der Waals surface area contributed by atoms with Crippen LogP contribution in [0.1, 0.15) is 66.9 Å². The first kappa shape index (κ1) is 29.3.